The summed E-state index contributed by atoms with van der Waals surface area (Å²) in [6.45, 7) is 8.55. The molecule has 0 aromatic heterocycles. The second-order valence-electron chi connectivity index (χ2n) is 8.71. The van der Waals surface area contributed by atoms with Gasteiger partial charge in [-0.3, -0.25) is 15.6 Å². The number of rotatable bonds is 6. The van der Waals surface area contributed by atoms with E-state index in [4.69, 9.17) is 28.2 Å². The molecule has 0 saturated carbocycles. The number of piperidine rings is 1. The lowest BCUT2D eigenvalue weighted by atomic mass is 9.86. The number of aliphatic imine (C=N–C) groups is 1. The summed E-state index contributed by atoms with van der Waals surface area (Å²) < 4.78 is 0. The van der Waals surface area contributed by atoms with Gasteiger partial charge in [-0.25, -0.2) is 0 Å². The number of nitrogen functional groups attached to an aromatic ring is 1. The first-order chi connectivity index (χ1) is 14.9. The number of carbonyl (C=O) groups is 1. The van der Waals surface area contributed by atoms with Crippen molar-refractivity contribution in [2.24, 2.45) is 22.7 Å². The minimum Gasteiger partial charge on any atom is -0.398 e. The summed E-state index contributed by atoms with van der Waals surface area (Å²) in [6.07, 6.45) is 6.29. The van der Waals surface area contributed by atoms with Crippen molar-refractivity contribution in [3.05, 3.63) is 40.6 Å². The second-order valence-corrected chi connectivity index (χ2v) is 9.15. The predicted octanol–water partition coefficient (Wildman–Crippen LogP) is 3.27. The first kappa shape index (κ1) is 23.4. The summed E-state index contributed by atoms with van der Waals surface area (Å²) >= 11 is 6.09. The third-order valence-corrected chi connectivity index (χ3v) is 6.62. The van der Waals surface area contributed by atoms with Crippen molar-refractivity contribution in [1.82, 2.24) is 15.2 Å². The van der Waals surface area contributed by atoms with E-state index in [9.17, 15) is 4.79 Å². The van der Waals surface area contributed by atoms with Gasteiger partial charge in [-0.2, -0.15) is 0 Å². The Morgan fingerprint density at radius 2 is 2.00 bits per heavy atom. The third kappa shape index (κ3) is 5.92. The minimum absolute atomic E-state index is 0.0362. The summed E-state index contributed by atoms with van der Waals surface area (Å²) in [4.78, 5) is 22.3. The largest absolute Gasteiger partial charge is 0.398 e. The number of nitrogens with two attached hydrogens (primary N) is 2. The van der Waals surface area contributed by atoms with Crippen LogP contribution in [0.3, 0.4) is 0 Å². The molecule has 1 aromatic rings. The summed E-state index contributed by atoms with van der Waals surface area (Å²) in [5.41, 5.74) is 10.7. The van der Waals surface area contributed by atoms with Crippen LogP contribution in [0.25, 0.3) is 0 Å². The Kier molecular flexibility index (Phi) is 8.21. The van der Waals surface area contributed by atoms with Gasteiger partial charge in [0.1, 0.15) is 5.84 Å². The quantitative estimate of drug-likeness (QED) is 0.205. The molecule has 1 amide bonds. The van der Waals surface area contributed by atoms with Crippen LogP contribution in [0, 0.1) is 11.8 Å². The Morgan fingerprint density at radius 3 is 2.71 bits per heavy atom. The van der Waals surface area contributed by atoms with Gasteiger partial charge in [0.25, 0.3) is 5.91 Å². The molecule has 0 spiro atoms. The number of anilines is 1. The summed E-state index contributed by atoms with van der Waals surface area (Å²) in [6, 6.07) is 5.07. The van der Waals surface area contributed by atoms with Crippen molar-refractivity contribution in [2.75, 3.05) is 38.5 Å². The second kappa shape index (κ2) is 10.9. The Hall–Kier alpha value is -2.25. The molecule has 2 aliphatic heterocycles. The third-order valence-electron chi connectivity index (χ3n) is 6.38. The number of nitrogens with zero attached hydrogens (tertiary/aromatic N) is 3. The molecule has 2 saturated heterocycles. The van der Waals surface area contributed by atoms with Crippen LogP contribution in [0.15, 0.2) is 35.0 Å². The van der Waals surface area contributed by atoms with E-state index in [-0.39, 0.29) is 5.91 Å². The van der Waals surface area contributed by atoms with Crippen LogP contribution in [-0.4, -0.2) is 54.3 Å². The zero-order chi connectivity index (χ0) is 22.4. The number of hydrogen-bond acceptors (Lipinski definition) is 5. The highest BCUT2D eigenvalue weighted by Crippen LogP contribution is 2.27. The molecule has 170 valence electrons. The van der Waals surface area contributed by atoms with Crippen molar-refractivity contribution in [1.29, 1.82) is 0 Å². The van der Waals surface area contributed by atoms with Gasteiger partial charge in [0.15, 0.2) is 0 Å². The number of hydrazine groups is 1. The van der Waals surface area contributed by atoms with Crippen LogP contribution in [0.5, 0.6) is 0 Å². The zero-order valence-electron chi connectivity index (χ0n) is 18.6. The van der Waals surface area contributed by atoms with Gasteiger partial charge >= 0.3 is 0 Å². The van der Waals surface area contributed by atoms with Crippen LogP contribution >= 0.6 is 11.6 Å². The molecule has 0 radical (unpaired) electrons. The van der Waals surface area contributed by atoms with Gasteiger partial charge < -0.3 is 21.0 Å². The molecular weight excluding hydrogens is 412 g/mol. The molecule has 31 heavy (non-hydrogen) atoms. The fraction of sp³-hybridized carbons (Fsp3) is 0.565. The zero-order valence-corrected chi connectivity index (χ0v) is 19.4. The van der Waals surface area contributed by atoms with E-state index in [1.807, 2.05) is 11.8 Å². The smallest absolute Gasteiger partial charge is 0.256 e. The maximum absolute atomic E-state index is 13.1. The maximum atomic E-state index is 13.1. The van der Waals surface area contributed by atoms with E-state index in [0.29, 0.717) is 28.1 Å². The molecule has 2 unspecified atom stereocenters. The van der Waals surface area contributed by atoms with E-state index in [1.165, 1.54) is 12.8 Å². The Morgan fingerprint density at radius 1 is 1.29 bits per heavy atom. The van der Waals surface area contributed by atoms with Crippen LogP contribution in [-0.2, 0) is 0 Å². The lowest BCUT2D eigenvalue weighted by molar-refractivity contribution is 0.0638. The van der Waals surface area contributed by atoms with Crippen LogP contribution in [0.4, 0.5) is 5.69 Å². The van der Waals surface area contributed by atoms with E-state index >= 15 is 0 Å². The molecule has 2 heterocycles. The average Bonchev–Trinajstić information content (AvgIpc) is 3.30. The number of amides is 1. The number of nitrogens with one attached hydrogen (secondary N) is 1. The van der Waals surface area contributed by atoms with Crippen molar-refractivity contribution >= 4 is 29.0 Å². The van der Waals surface area contributed by atoms with Crippen molar-refractivity contribution in [3.8, 4) is 0 Å². The standard InChI is InChI=1S/C23H35ClN6O/c1-16(13-27-22(17(2)14-28-26)29-9-3-4-10-29)18-6-5-11-30(15-18)23(31)20-12-19(24)7-8-21(20)25/h7-8,12,14,16,18,28H,3-6,9-11,13,15,25-26H2,1-2H3/b17-14-,27-22?. The minimum atomic E-state index is -0.0362. The molecule has 0 bridgehead atoms. The highest BCUT2D eigenvalue weighted by molar-refractivity contribution is 6.31. The molecule has 2 fully saturated rings. The van der Waals surface area contributed by atoms with E-state index in [1.54, 1.807) is 24.4 Å². The van der Waals surface area contributed by atoms with Gasteiger partial charge in [-0.05, 0) is 62.6 Å². The molecular formula is C23H35ClN6O. The first-order valence-corrected chi connectivity index (χ1v) is 11.6. The van der Waals surface area contributed by atoms with Gasteiger partial charge in [-0.15, -0.1) is 0 Å². The topological polar surface area (TPSA) is 100.0 Å². The number of likely N-dealkylation sites (tertiary alicyclic amines) is 2. The van der Waals surface area contributed by atoms with Crippen LogP contribution in [0.2, 0.25) is 5.02 Å². The normalized spacial score (nSPS) is 21.4. The fourth-order valence-electron chi connectivity index (χ4n) is 4.52. The molecule has 1 aromatic carbocycles. The van der Waals surface area contributed by atoms with Gasteiger partial charge in [0.2, 0.25) is 0 Å². The van der Waals surface area contributed by atoms with Crippen LogP contribution < -0.4 is 17.0 Å². The highest BCUT2D eigenvalue weighted by Gasteiger charge is 2.29. The Labute approximate surface area is 190 Å². The molecule has 8 heteroatoms. The molecule has 2 aliphatic rings. The molecule has 5 N–H and O–H groups in total. The summed E-state index contributed by atoms with van der Waals surface area (Å²) in [7, 11) is 0. The van der Waals surface area contributed by atoms with E-state index < -0.39 is 0 Å². The monoisotopic (exact) mass is 446 g/mol. The number of benzene rings is 1. The average molecular weight is 447 g/mol. The number of halogens is 1. The number of carbonyl (C=O) groups excluding carboxylic acids is 1. The summed E-state index contributed by atoms with van der Waals surface area (Å²) in [5, 5.41) is 0.527. The fourth-order valence-corrected chi connectivity index (χ4v) is 4.69. The number of hydrogen-bond donors (Lipinski definition) is 3. The number of amidine groups is 1. The van der Waals surface area contributed by atoms with E-state index in [2.05, 4.69) is 17.2 Å². The van der Waals surface area contributed by atoms with Gasteiger partial charge in [0, 0.05) is 55.2 Å². The first-order valence-electron chi connectivity index (χ1n) is 11.2. The van der Waals surface area contributed by atoms with E-state index in [0.717, 1.165) is 57.0 Å². The predicted molar refractivity (Wildman–Crippen MR) is 128 cm³/mol. The Balaban J connectivity index is 1.67. The maximum Gasteiger partial charge on any atom is 0.256 e. The SMILES string of the molecule is C/C(=C/NN)C(=NCC(C)C1CCCN(C(=O)c2cc(Cl)ccc2N)C1)N1CCCC1. The molecule has 2 atom stereocenters. The van der Waals surface area contributed by atoms with Crippen molar-refractivity contribution in [2.45, 2.75) is 39.5 Å². The summed E-state index contributed by atoms with van der Waals surface area (Å²) in [5.74, 6) is 7.25. The highest BCUT2D eigenvalue weighted by atomic mass is 35.5. The van der Waals surface area contributed by atoms with Gasteiger partial charge in [-0.1, -0.05) is 18.5 Å². The van der Waals surface area contributed by atoms with Crippen LogP contribution in [0.1, 0.15) is 49.9 Å². The Bertz CT molecular complexity index is 833. The lowest BCUT2D eigenvalue weighted by Crippen LogP contribution is -2.42. The van der Waals surface area contributed by atoms with Crippen molar-refractivity contribution < 1.29 is 4.79 Å². The van der Waals surface area contributed by atoms with Gasteiger partial charge in [0.05, 0.1) is 5.56 Å². The molecule has 0 aliphatic carbocycles. The molecule has 7 nitrogen and oxygen atoms in total. The molecule has 3 rings (SSSR count). The van der Waals surface area contributed by atoms with Crippen molar-refractivity contribution in [3.63, 3.8) is 0 Å². The lowest BCUT2D eigenvalue weighted by Gasteiger charge is -2.36.